The van der Waals surface area contributed by atoms with Crippen molar-refractivity contribution in [2.24, 2.45) is 0 Å². The first kappa shape index (κ1) is 21.3. The fraction of sp³-hybridized carbons (Fsp3) is 0.526. The van der Waals surface area contributed by atoms with Crippen LogP contribution >= 0.6 is 0 Å². The van der Waals surface area contributed by atoms with E-state index >= 15 is 0 Å². The van der Waals surface area contributed by atoms with Gasteiger partial charge in [0.2, 0.25) is 11.8 Å². The highest BCUT2D eigenvalue weighted by Gasteiger charge is 2.39. The number of amides is 3. The summed E-state index contributed by atoms with van der Waals surface area (Å²) in [5.41, 5.74) is 2.24. The van der Waals surface area contributed by atoms with Gasteiger partial charge in [-0.3, -0.25) is 24.3 Å². The topological polar surface area (TPSA) is 133 Å². The van der Waals surface area contributed by atoms with Crippen LogP contribution in [-0.4, -0.2) is 53.9 Å². The van der Waals surface area contributed by atoms with Crippen LogP contribution in [0.2, 0.25) is 0 Å². The Bertz CT molecular complexity index is 915. The minimum Gasteiger partial charge on any atom is -0.385 e. The number of nitrogens with one attached hydrogen (secondary N) is 2. The van der Waals surface area contributed by atoms with E-state index in [2.05, 4.69) is 10.6 Å². The van der Waals surface area contributed by atoms with E-state index in [1.165, 1.54) is 4.90 Å². The number of hydrogen-bond acceptors (Lipinski definition) is 6. The maximum Gasteiger partial charge on any atom is 0.264 e. The van der Waals surface area contributed by atoms with Crippen LogP contribution in [0, 0.1) is 0 Å². The molecule has 0 radical (unpaired) electrons. The number of hydrogen-bond donors (Lipinski definition) is 3. The Morgan fingerprint density at radius 1 is 1.14 bits per heavy atom. The third-order valence-corrected chi connectivity index (χ3v) is 6.03. The molecular formula is C19H25N3O6S. The molecule has 3 rings (SSSR count). The molecule has 0 aromatic heterocycles. The average Bonchev–Trinajstić information content (AvgIpc) is 2.97. The van der Waals surface area contributed by atoms with Gasteiger partial charge >= 0.3 is 0 Å². The van der Waals surface area contributed by atoms with E-state index in [4.69, 9.17) is 4.55 Å². The van der Waals surface area contributed by atoms with E-state index in [1.807, 2.05) is 6.07 Å². The van der Waals surface area contributed by atoms with Gasteiger partial charge in [0.1, 0.15) is 6.04 Å². The minimum atomic E-state index is -3.89. The van der Waals surface area contributed by atoms with E-state index in [1.54, 1.807) is 12.1 Å². The Hall–Kier alpha value is -2.46. The lowest BCUT2D eigenvalue weighted by atomic mass is 10.0. The van der Waals surface area contributed by atoms with E-state index in [9.17, 15) is 22.8 Å². The summed E-state index contributed by atoms with van der Waals surface area (Å²) >= 11 is 0. The number of unbranched alkanes of at least 4 members (excludes halogenated alkanes) is 3. The van der Waals surface area contributed by atoms with Crippen LogP contribution in [0.1, 0.15) is 54.4 Å². The van der Waals surface area contributed by atoms with Crippen LogP contribution in [0.5, 0.6) is 0 Å². The van der Waals surface area contributed by atoms with Crippen LogP contribution < -0.4 is 10.6 Å². The van der Waals surface area contributed by atoms with Crippen LogP contribution in [-0.2, 0) is 26.3 Å². The molecule has 9 nitrogen and oxygen atoms in total. The van der Waals surface area contributed by atoms with Crippen LogP contribution in [0.3, 0.4) is 0 Å². The van der Waals surface area contributed by atoms with Gasteiger partial charge in [-0.05, 0) is 31.4 Å². The first-order valence-corrected chi connectivity index (χ1v) is 11.3. The predicted octanol–water partition coefficient (Wildman–Crippen LogP) is 1.31. The van der Waals surface area contributed by atoms with Gasteiger partial charge in [-0.15, -0.1) is 0 Å². The maximum absolute atomic E-state index is 12.8. The van der Waals surface area contributed by atoms with Gasteiger partial charge in [0.25, 0.3) is 16.0 Å². The van der Waals surface area contributed by atoms with Crippen molar-refractivity contribution in [1.29, 1.82) is 0 Å². The summed E-state index contributed by atoms with van der Waals surface area (Å²) in [7, 11) is -3.89. The van der Waals surface area contributed by atoms with E-state index in [0.29, 0.717) is 37.9 Å². The number of imide groups is 1. The van der Waals surface area contributed by atoms with Crippen molar-refractivity contribution >= 4 is 33.5 Å². The first-order valence-electron chi connectivity index (χ1n) is 9.72. The molecule has 2 aliphatic rings. The molecule has 29 heavy (non-hydrogen) atoms. The van der Waals surface area contributed by atoms with Crippen LogP contribution in [0.4, 0.5) is 5.69 Å². The molecule has 0 saturated carbocycles. The van der Waals surface area contributed by atoms with E-state index < -0.39 is 22.1 Å². The molecule has 10 heteroatoms. The third kappa shape index (κ3) is 5.33. The molecule has 2 heterocycles. The molecule has 1 fully saturated rings. The highest BCUT2D eigenvalue weighted by Crippen LogP contribution is 2.32. The molecule has 0 spiro atoms. The molecule has 158 valence electrons. The van der Waals surface area contributed by atoms with E-state index in [0.717, 1.165) is 24.1 Å². The van der Waals surface area contributed by atoms with Crippen LogP contribution in [0.25, 0.3) is 0 Å². The molecule has 1 aromatic carbocycles. The number of fused-ring (bicyclic) bond motifs is 1. The van der Waals surface area contributed by atoms with Gasteiger partial charge in [-0.25, -0.2) is 0 Å². The van der Waals surface area contributed by atoms with Gasteiger partial charge in [0.05, 0.1) is 5.75 Å². The summed E-state index contributed by atoms with van der Waals surface area (Å²) in [5.74, 6) is -1.16. The summed E-state index contributed by atoms with van der Waals surface area (Å²) in [6.45, 7) is 0.979. The van der Waals surface area contributed by atoms with Crippen molar-refractivity contribution in [2.45, 2.75) is 51.1 Å². The number of rotatable bonds is 9. The molecule has 1 aromatic rings. The van der Waals surface area contributed by atoms with Gasteiger partial charge in [0, 0.05) is 36.3 Å². The zero-order valence-corrected chi connectivity index (χ0v) is 16.8. The molecule has 1 atom stereocenters. The highest BCUT2D eigenvalue weighted by atomic mass is 32.2. The molecule has 0 bridgehead atoms. The molecular weight excluding hydrogens is 398 g/mol. The largest absolute Gasteiger partial charge is 0.385 e. The summed E-state index contributed by atoms with van der Waals surface area (Å²) in [5, 5.41) is 5.61. The maximum atomic E-state index is 12.8. The molecule has 0 aliphatic carbocycles. The van der Waals surface area contributed by atoms with Gasteiger partial charge in [0.15, 0.2) is 0 Å². The second kappa shape index (κ2) is 8.91. The predicted molar refractivity (Wildman–Crippen MR) is 106 cm³/mol. The second-order valence-electron chi connectivity index (χ2n) is 7.36. The molecule has 2 aliphatic heterocycles. The summed E-state index contributed by atoms with van der Waals surface area (Å²) in [4.78, 5) is 37.8. The van der Waals surface area contributed by atoms with Crippen molar-refractivity contribution in [2.75, 3.05) is 17.6 Å². The average molecular weight is 423 g/mol. The van der Waals surface area contributed by atoms with E-state index in [-0.39, 0.29) is 24.0 Å². The normalized spacial score (nSPS) is 19.3. The van der Waals surface area contributed by atoms with Crippen molar-refractivity contribution in [3.05, 3.63) is 29.3 Å². The number of benzene rings is 1. The Balaban J connectivity index is 1.54. The third-order valence-electron chi connectivity index (χ3n) is 5.23. The van der Waals surface area contributed by atoms with Crippen molar-refractivity contribution < 1.29 is 27.4 Å². The first-order chi connectivity index (χ1) is 13.8. The zero-order chi connectivity index (χ0) is 21.0. The second-order valence-corrected chi connectivity index (χ2v) is 8.93. The SMILES string of the molecule is O=C1CCC(N2Cc3c(NCCCCCCS(=O)(=O)O)cccc3C2=O)C(=O)N1. The number of piperidine rings is 1. The number of carbonyl (C=O) groups excluding carboxylic acids is 3. The van der Waals surface area contributed by atoms with Crippen LogP contribution in [0.15, 0.2) is 18.2 Å². The monoisotopic (exact) mass is 423 g/mol. The van der Waals surface area contributed by atoms with Gasteiger partial charge in [-0.2, -0.15) is 8.42 Å². The van der Waals surface area contributed by atoms with Crippen molar-refractivity contribution in [1.82, 2.24) is 10.2 Å². The standard InChI is InChI=1S/C19H25N3O6S/c23-17-9-8-16(18(24)21-17)22-12-14-13(19(22)25)6-5-7-15(14)20-10-3-1-2-4-11-29(26,27)28/h5-7,16,20H,1-4,8-12H2,(H,21,23,24)(H,26,27,28). The molecule has 3 amide bonds. The van der Waals surface area contributed by atoms with Crippen molar-refractivity contribution in [3.63, 3.8) is 0 Å². The molecule has 1 saturated heterocycles. The quantitative estimate of drug-likeness (QED) is 0.310. The summed E-state index contributed by atoms with van der Waals surface area (Å²) in [6, 6.07) is 4.78. The lowest BCUT2D eigenvalue weighted by Crippen LogP contribution is -2.52. The molecule has 3 N–H and O–H groups in total. The lowest BCUT2D eigenvalue weighted by molar-refractivity contribution is -0.136. The number of anilines is 1. The highest BCUT2D eigenvalue weighted by molar-refractivity contribution is 7.85. The van der Waals surface area contributed by atoms with Gasteiger partial charge in [-0.1, -0.05) is 18.9 Å². The number of carbonyl (C=O) groups is 3. The fourth-order valence-corrected chi connectivity index (χ4v) is 4.31. The Labute approximate surface area is 169 Å². The zero-order valence-electron chi connectivity index (χ0n) is 16.0. The summed E-state index contributed by atoms with van der Waals surface area (Å²) in [6.07, 6.45) is 3.32. The smallest absolute Gasteiger partial charge is 0.264 e. The fourth-order valence-electron chi connectivity index (χ4n) is 3.74. The Kier molecular flexibility index (Phi) is 6.53. The Morgan fingerprint density at radius 2 is 1.90 bits per heavy atom. The van der Waals surface area contributed by atoms with Gasteiger partial charge < -0.3 is 10.2 Å². The Morgan fingerprint density at radius 3 is 2.62 bits per heavy atom. The van der Waals surface area contributed by atoms with Crippen molar-refractivity contribution in [3.8, 4) is 0 Å². The lowest BCUT2D eigenvalue weighted by Gasteiger charge is -2.29. The number of nitrogens with zero attached hydrogens (tertiary/aromatic N) is 1. The minimum absolute atomic E-state index is 0.205. The molecule has 1 unspecified atom stereocenters. The summed E-state index contributed by atoms with van der Waals surface area (Å²) < 4.78 is 30.1.